The lowest BCUT2D eigenvalue weighted by Gasteiger charge is -2.26. The van der Waals surface area contributed by atoms with Crippen molar-refractivity contribution in [1.29, 1.82) is 0 Å². The van der Waals surface area contributed by atoms with E-state index >= 15 is 0 Å². The number of nitrogens with zero attached hydrogens (tertiary/aromatic N) is 4. The van der Waals surface area contributed by atoms with Crippen molar-refractivity contribution in [2.24, 2.45) is 0 Å². The summed E-state index contributed by atoms with van der Waals surface area (Å²) in [6.45, 7) is 3.84. The van der Waals surface area contributed by atoms with Crippen LogP contribution >= 0.6 is 11.6 Å². The number of hydrogen-bond donors (Lipinski definition) is 0. The fourth-order valence-electron chi connectivity index (χ4n) is 2.96. The molecule has 2 aromatic heterocycles. The van der Waals surface area contributed by atoms with Crippen LogP contribution in [0.2, 0.25) is 5.15 Å². The SMILES string of the molecule is Fc1ccc(-n2ncc3cc(Cl)nc(CN4CCOCC4)c32)cc1. The lowest BCUT2D eigenvalue weighted by Crippen LogP contribution is -2.36. The maximum Gasteiger partial charge on any atom is 0.130 e. The van der Waals surface area contributed by atoms with E-state index < -0.39 is 0 Å². The first kappa shape index (κ1) is 15.5. The van der Waals surface area contributed by atoms with Gasteiger partial charge in [-0.05, 0) is 30.3 Å². The minimum Gasteiger partial charge on any atom is -0.379 e. The Morgan fingerprint density at radius 3 is 2.67 bits per heavy atom. The normalized spacial score (nSPS) is 15.9. The van der Waals surface area contributed by atoms with Gasteiger partial charge in [-0.1, -0.05) is 11.6 Å². The molecule has 1 aromatic carbocycles. The van der Waals surface area contributed by atoms with Crippen molar-refractivity contribution < 1.29 is 9.13 Å². The summed E-state index contributed by atoms with van der Waals surface area (Å²) in [4.78, 5) is 6.80. The second-order valence-electron chi connectivity index (χ2n) is 5.75. The maximum absolute atomic E-state index is 13.2. The summed E-state index contributed by atoms with van der Waals surface area (Å²) in [5.74, 6) is -0.273. The van der Waals surface area contributed by atoms with Crippen molar-refractivity contribution in [2.75, 3.05) is 26.3 Å². The zero-order valence-corrected chi connectivity index (χ0v) is 13.7. The molecule has 1 saturated heterocycles. The molecule has 5 nitrogen and oxygen atoms in total. The molecule has 7 heteroatoms. The third-order valence-corrected chi connectivity index (χ3v) is 4.33. The molecule has 0 aliphatic carbocycles. The quantitative estimate of drug-likeness (QED) is 0.684. The molecule has 1 aliphatic heterocycles. The highest BCUT2D eigenvalue weighted by molar-refractivity contribution is 6.30. The van der Waals surface area contributed by atoms with Crippen molar-refractivity contribution in [3.05, 3.63) is 53.2 Å². The molecule has 24 heavy (non-hydrogen) atoms. The molecule has 0 radical (unpaired) electrons. The van der Waals surface area contributed by atoms with Gasteiger partial charge in [-0.2, -0.15) is 5.10 Å². The topological polar surface area (TPSA) is 43.2 Å². The fourth-order valence-corrected chi connectivity index (χ4v) is 3.18. The first-order valence-electron chi connectivity index (χ1n) is 7.80. The van der Waals surface area contributed by atoms with Gasteiger partial charge in [-0.15, -0.1) is 0 Å². The number of pyridine rings is 1. The average Bonchev–Trinajstić information content (AvgIpc) is 3.00. The number of morpholine rings is 1. The van der Waals surface area contributed by atoms with Gasteiger partial charge >= 0.3 is 0 Å². The van der Waals surface area contributed by atoms with E-state index in [1.807, 2.05) is 0 Å². The highest BCUT2D eigenvalue weighted by Gasteiger charge is 2.17. The summed E-state index contributed by atoms with van der Waals surface area (Å²) in [6.07, 6.45) is 1.76. The molecule has 3 aromatic rings. The van der Waals surface area contributed by atoms with Crippen molar-refractivity contribution in [3.8, 4) is 5.69 Å². The van der Waals surface area contributed by atoms with Crippen molar-refractivity contribution in [3.63, 3.8) is 0 Å². The van der Waals surface area contributed by atoms with Gasteiger partial charge in [0, 0.05) is 25.0 Å². The van der Waals surface area contributed by atoms with Crippen LogP contribution in [0.1, 0.15) is 5.69 Å². The molecular formula is C17H16ClFN4O. The summed E-state index contributed by atoms with van der Waals surface area (Å²) in [6, 6.07) is 8.05. The summed E-state index contributed by atoms with van der Waals surface area (Å²) in [5, 5.41) is 5.81. The summed E-state index contributed by atoms with van der Waals surface area (Å²) < 4.78 is 20.4. The van der Waals surface area contributed by atoms with Crippen LogP contribution in [0.25, 0.3) is 16.6 Å². The largest absolute Gasteiger partial charge is 0.379 e. The molecule has 0 N–H and O–H groups in total. The molecule has 0 bridgehead atoms. The molecule has 0 atom stereocenters. The summed E-state index contributed by atoms with van der Waals surface area (Å²) >= 11 is 6.18. The van der Waals surface area contributed by atoms with Gasteiger partial charge in [0.2, 0.25) is 0 Å². The van der Waals surface area contributed by atoms with E-state index in [0.717, 1.165) is 48.6 Å². The summed E-state index contributed by atoms with van der Waals surface area (Å²) in [7, 11) is 0. The van der Waals surface area contributed by atoms with Gasteiger partial charge in [0.25, 0.3) is 0 Å². The van der Waals surface area contributed by atoms with Crippen LogP contribution in [0.15, 0.2) is 36.5 Å². The molecule has 1 aliphatic rings. The standard InChI is InChI=1S/C17H16ClFN4O/c18-16-9-12-10-20-23(14-3-1-13(19)2-4-14)17(12)15(21-16)11-22-5-7-24-8-6-22/h1-4,9-10H,5-8,11H2. The second-order valence-corrected chi connectivity index (χ2v) is 6.14. The Morgan fingerprint density at radius 2 is 1.92 bits per heavy atom. The highest BCUT2D eigenvalue weighted by atomic mass is 35.5. The molecule has 3 heterocycles. The zero-order chi connectivity index (χ0) is 16.5. The van der Waals surface area contributed by atoms with Gasteiger partial charge in [0.1, 0.15) is 11.0 Å². The summed E-state index contributed by atoms with van der Waals surface area (Å²) in [5.41, 5.74) is 2.55. The molecule has 124 valence electrons. The van der Waals surface area contributed by atoms with Crippen LogP contribution in [0, 0.1) is 5.82 Å². The highest BCUT2D eigenvalue weighted by Crippen LogP contribution is 2.25. The van der Waals surface area contributed by atoms with Crippen LogP contribution in [0.3, 0.4) is 0 Å². The Kier molecular flexibility index (Phi) is 4.18. The number of ether oxygens (including phenoxy) is 1. The maximum atomic E-state index is 13.2. The van der Waals surface area contributed by atoms with Gasteiger partial charge in [0.05, 0.1) is 36.3 Å². The predicted molar refractivity (Wildman–Crippen MR) is 89.9 cm³/mol. The van der Waals surface area contributed by atoms with E-state index in [1.54, 1.807) is 29.1 Å². The van der Waals surface area contributed by atoms with Crippen LogP contribution < -0.4 is 0 Å². The van der Waals surface area contributed by atoms with E-state index in [4.69, 9.17) is 16.3 Å². The molecule has 4 rings (SSSR count). The third kappa shape index (κ3) is 3.00. The van der Waals surface area contributed by atoms with E-state index in [2.05, 4.69) is 15.0 Å². The number of rotatable bonds is 3. The predicted octanol–water partition coefficient (Wildman–Crippen LogP) is 3.05. The monoisotopic (exact) mass is 346 g/mol. The van der Waals surface area contributed by atoms with E-state index in [0.29, 0.717) is 11.7 Å². The van der Waals surface area contributed by atoms with Gasteiger partial charge in [0.15, 0.2) is 0 Å². The number of hydrogen-bond acceptors (Lipinski definition) is 4. The molecule has 0 saturated carbocycles. The van der Waals surface area contributed by atoms with Crippen LogP contribution in [-0.4, -0.2) is 46.0 Å². The van der Waals surface area contributed by atoms with Gasteiger partial charge in [-0.25, -0.2) is 14.1 Å². The smallest absolute Gasteiger partial charge is 0.130 e. The van der Waals surface area contributed by atoms with Crippen LogP contribution in [0.4, 0.5) is 4.39 Å². The molecule has 0 unspecified atom stereocenters. The first-order chi connectivity index (χ1) is 11.7. The Labute approximate surface area is 143 Å². The number of fused-ring (bicyclic) bond motifs is 1. The Balaban J connectivity index is 1.79. The molecule has 0 spiro atoms. The van der Waals surface area contributed by atoms with Gasteiger partial charge in [-0.3, -0.25) is 4.90 Å². The van der Waals surface area contributed by atoms with Crippen LogP contribution in [0.5, 0.6) is 0 Å². The average molecular weight is 347 g/mol. The zero-order valence-electron chi connectivity index (χ0n) is 13.0. The fraction of sp³-hybridized carbons (Fsp3) is 0.294. The van der Waals surface area contributed by atoms with E-state index in [-0.39, 0.29) is 5.82 Å². The lowest BCUT2D eigenvalue weighted by molar-refractivity contribution is 0.0338. The van der Waals surface area contributed by atoms with Crippen molar-refractivity contribution >= 4 is 22.5 Å². The van der Waals surface area contributed by atoms with E-state index in [1.165, 1.54) is 12.1 Å². The second kappa shape index (κ2) is 6.47. The Hall–Kier alpha value is -2.02. The third-order valence-electron chi connectivity index (χ3n) is 4.14. The van der Waals surface area contributed by atoms with Crippen molar-refractivity contribution in [2.45, 2.75) is 6.54 Å². The molecule has 0 amide bonds. The Morgan fingerprint density at radius 1 is 1.17 bits per heavy atom. The molecule has 1 fully saturated rings. The first-order valence-corrected chi connectivity index (χ1v) is 8.18. The lowest BCUT2D eigenvalue weighted by atomic mass is 10.2. The minimum absolute atomic E-state index is 0.273. The molecular weight excluding hydrogens is 331 g/mol. The van der Waals surface area contributed by atoms with Crippen LogP contribution in [-0.2, 0) is 11.3 Å². The van der Waals surface area contributed by atoms with Crippen molar-refractivity contribution in [1.82, 2.24) is 19.7 Å². The minimum atomic E-state index is -0.273. The van der Waals surface area contributed by atoms with E-state index in [9.17, 15) is 4.39 Å². The number of benzene rings is 1. The number of aromatic nitrogens is 3. The van der Waals surface area contributed by atoms with Gasteiger partial charge < -0.3 is 4.74 Å². The number of halogens is 2. The Bertz CT molecular complexity index is 859.